The van der Waals surface area contributed by atoms with Gasteiger partial charge in [0.2, 0.25) is 0 Å². The van der Waals surface area contributed by atoms with E-state index in [-0.39, 0.29) is 33.8 Å². The standard InChI is InChI=1S/C19H13F6N3O2S/c1-2-31(29,30)16-4-3-5-26-17(16)15-10-27-14(9-28-15)11-6-12(18(20,21)22)8-13(7-11)19(23,24)25/h3-10H,2H2,1H3. The van der Waals surface area contributed by atoms with Crippen LogP contribution in [0, 0.1) is 0 Å². The first-order valence-electron chi connectivity index (χ1n) is 8.63. The molecule has 5 nitrogen and oxygen atoms in total. The molecular formula is C19H13F6N3O2S. The third-order valence-electron chi connectivity index (χ3n) is 4.26. The van der Waals surface area contributed by atoms with Crippen LogP contribution in [0.3, 0.4) is 0 Å². The fourth-order valence-corrected chi connectivity index (χ4v) is 3.74. The number of nitrogens with zero attached hydrogens (tertiary/aromatic N) is 3. The molecule has 0 amide bonds. The number of rotatable bonds is 4. The van der Waals surface area contributed by atoms with Crippen LogP contribution in [0.1, 0.15) is 18.1 Å². The van der Waals surface area contributed by atoms with Crippen LogP contribution >= 0.6 is 0 Å². The number of alkyl halides is 6. The summed E-state index contributed by atoms with van der Waals surface area (Å²) in [7, 11) is -3.66. The van der Waals surface area contributed by atoms with Crippen molar-refractivity contribution < 1.29 is 34.8 Å². The lowest BCUT2D eigenvalue weighted by Gasteiger charge is -2.14. The summed E-state index contributed by atoms with van der Waals surface area (Å²) in [5.41, 5.74) is -3.68. The maximum Gasteiger partial charge on any atom is 0.416 e. The van der Waals surface area contributed by atoms with Crippen molar-refractivity contribution in [3.05, 3.63) is 60.0 Å². The van der Waals surface area contributed by atoms with E-state index < -0.39 is 38.9 Å². The largest absolute Gasteiger partial charge is 0.416 e. The van der Waals surface area contributed by atoms with Crippen LogP contribution in [0.5, 0.6) is 0 Å². The second-order valence-corrected chi connectivity index (χ2v) is 8.58. The number of aromatic nitrogens is 3. The van der Waals surface area contributed by atoms with Gasteiger partial charge in [0.05, 0.1) is 39.9 Å². The van der Waals surface area contributed by atoms with Gasteiger partial charge in [-0.25, -0.2) is 8.42 Å². The summed E-state index contributed by atoms with van der Waals surface area (Å²) in [5.74, 6) is -0.207. The van der Waals surface area contributed by atoms with Gasteiger partial charge < -0.3 is 0 Å². The Balaban J connectivity index is 2.10. The van der Waals surface area contributed by atoms with Crippen molar-refractivity contribution in [2.75, 3.05) is 5.75 Å². The van der Waals surface area contributed by atoms with Crippen molar-refractivity contribution in [3.63, 3.8) is 0 Å². The highest BCUT2D eigenvalue weighted by atomic mass is 32.2. The van der Waals surface area contributed by atoms with E-state index in [1.54, 1.807) is 0 Å². The molecule has 0 unspecified atom stereocenters. The lowest BCUT2D eigenvalue weighted by atomic mass is 10.0. The molecular weight excluding hydrogens is 448 g/mol. The van der Waals surface area contributed by atoms with E-state index in [1.165, 1.54) is 25.3 Å². The number of benzene rings is 1. The minimum absolute atomic E-state index is 0.000559. The number of pyridine rings is 1. The van der Waals surface area contributed by atoms with Crippen molar-refractivity contribution >= 4 is 9.84 Å². The smallest absolute Gasteiger partial charge is 0.253 e. The van der Waals surface area contributed by atoms with Crippen molar-refractivity contribution in [2.24, 2.45) is 0 Å². The Morgan fingerprint density at radius 3 is 1.87 bits per heavy atom. The topological polar surface area (TPSA) is 72.8 Å². The van der Waals surface area contributed by atoms with Gasteiger partial charge in [-0.1, -0.05) is 6.92 Å². The van der Waals surface area contributed by atoms with Crippen molar-refractivity contribution in [1.82, 2.24) is 15.0 Å². The first-order chi connectivity index (χ1) is 14.3. The van der Waals surface area contributed by atoms with E-state index in [0.29, 0.717) is 12.1 Å². The average Bonchev–Trinajstić information content (AvgIpc) is 2.72. The van der Waals surface area contributed by atoms with E-state index in [9.17, 15) is 34.8 Å². The zero-order valence-corrected chi connectivity index (χ0v) is 16.5. The van der Waals surface area contributed by atoms with Crippen molar-refractivity contribution in [2.45, 2.75) is 24.2 Å². The van der Waals surface area contributed by atoms with Gasteiger partial charge in [0, 0.05) is 11.8 Å². The van der Waals surface area contributed by atoms with E-state index in [0.717, 1.165) is 12.4 Å². The van der Waals surface area contributed by atoms with Gasteiger partial charge in [0.25, 0.3) is 0 Å². The maximum absolute atomic E-state index is 13.1. The molecule has 31 heavy (non-hydrogen) atoms. The van der Waals surface area contributed by atoms with Crippen LogP contribution < -0.4 is 0 Å². The summed E-state index contributed by atoms with van der Waals surface area (Å²) in [5, 5.41) is 0. The predicted molar refractivity (Wildman–Crippen MR) is 98.4 cm³/mol. The molecule has 0 saturated carbocycles. The molecule has 0 radical (unpaired) electrons. The second-order valence-electron chi connectivity index (χ2n) is 6.34. The van der Waals surface area contributed by atoms with E-state index in [1.807, 2.05) is 0 Å². The molecule has 0 atom stereocenters. The fourth-order valence-electron chi connectivity index (χ4n) is 2.69. The van der Waals surface area contributed by atoms with Gasteiger partial charge in [-0.05, 0) is 30.3 Å². The molecule has 3 rings (SSSR count). The summed E-state index contributed by atoms with van der Waals surface area (Å²) in [6.07, 6.45) is -6.68. The van der Waals surface area contributed by atoms with Crippen LogP contribution in [0.25, 0.3) is 22.6 Å². The van der Waals surface area contributed by atoms with E-state index in [4.69, 9.17) is 0 Å². The highest BCUT2D eigenvalue weighted by Crippen LogP contribution is 2.38. The Bertz CT molecular complexity index is 1170. The Kier molecular flexibility index (Phi) is 5.78. The maximum atomic E-state index is 13.1. The van der Waals surface area contributed by atoms with Gasteiger partial charge in [0.1, 0.15) is 11.4 Å². The third-order valence-corrected chi connectivity index (χ3v) is 6.02. The highest BCUT2D eigenvalue weighted by molar-refractivity contribution is 7.91. The number of sulfone groups is 1. The fraction of sp³-hybridized carbons (Fsp3) is 0.211. The lowest BCUT2D eigenvalue weighted by molar-refractivity contribution is -0.143. The van der Waals surface area contributed by atoms with Crippen LogP contribution in [0.2, 0.25) is 0 Å². The first kappa shape index (κ1) is 22.7. The molecule has 0 bridgehead atoms. The lowest BCUT2D eigenvalue weighted by Crippen LogP contribution is -2.11. The molecule has 164 valence electrons. The summed E-state index contributed by atoms with van der Waals surface area (Å²) in [6.45, 7) is 1.44. The normalized spacial score (nSPS) is 12.7. The van der Waals surface area contributed by atoms with Gasteiger partial charge in [0.15, 0.2) is 9.84 Å². The molecule has 2 aromatic heterocycles. The van der Waals surface area contributed by atoms with Crippen molar-refractivity contribution in [1.29, 1.82) is 0 Å². The quantitative estimate of drug-likeness (QED) is 0.510. The SMILES string of the molecule is CCS(=O)(=O)c1cccnc1-c1cnc(-c2cc(C(F)(F)F)cc(C(F)(F)F)c2)cn1. The first-order valence-corrected chi connectivity index (χ1v) is 10.3. The Morgan fingerprint density at radius 1 is 0.839 bits per heavy atom. The Hall–Kier alpha value is -3.02. The highest BCUT2D eigenvalue weighted by Gasteiger charge is 2.37. The molecule has 0 saturated heterocycles. The van der Waals surface area contributed by atoms with Crippen LogP contribution in [-0.2, 0) is 22.2 Å². The van der Waals surface area contributed by atoms with Gasteiger partial charge in [-0.2, -0.15) is 26.3 Å². The monoisotopic (exact) mass is 461 g/mol. The molecule has 1 aromatic carbocycles. The molecule has 12 heteroatoms. The zero-order valence-electron chi connectivity index (χ0n) is 15.7. The Morgan fingerprint density at radius 2 is 1.39 bits per heavy atom. The molecule has 3 aromatic rings. The number of halogens is 6. The molecule has 0 aliphatic heterocycles. The summed E-state index contributed by atoms with van der Waals surface area (Å²) < 4.78 is 103. The van der Waals surface area contributed by atoms with Gasteiger partial charge >= 0.3 is 12.4 Å². The zero-order chi connectivity index (χ0) is 23.0. The average molecular weight is 461 g/mol. The molecule has 2 heterocycles. The number of hydrogen-bond donors (Lipinski definition) is 0. The molecule has 0 spiro atoms. The molecule has 0 fully saturated rings. The minimum atomic E-state index is -5.00. The summed E-state index contributed by atoms with van der Waals surface area (Å²) in [4.78, 5) is 11.7. The van der Waals surface area contributed by atoms with Crippen LogP contribution in [0.15, 0.2) is 53.8 Å². The van der Waals surface area contributed by atoms with Crippen LogP contribution in [0.4, 0.5) is 26.3 Å². The molecule has 0 N–H and O–H groups in total. The van der Waals surface area contributed by atoms with Gasteiger partial charge in [-0.15, -0.1) is 0 Å². The number of hydrogen-bond acceptors (Lipinski definition) is 5. The van der Waals surface area contributed by atoms with E-state index >= 15 is 0 Å². The minimum Gasteiger partial charge on any atom is -0.253 e. The second kappa shape index (κ2) is 7.91. The molecule has 0 aliphatic carbocycles. The van der Waals surface area contributed by atoms with Gasteiger partial charge in [-0.3, -0.25) is 15.0 Å². The Labute approximate surface area is 172 Å². The van der Waals surface area contributed by atoms with Crippen LogP contribution in [-0.4, -0.2) is 29.1 Å². The van der Waals surface area contributed by atoms with E-state index in [2.05, 4.69) is 15.0 Å². The summed E-state index contributed by atoms with van der Waals surface area (Å²) in [6, 6.07) is 3.81. The van der Waals surface area contributed by atoms with Crippen molar-refractivity contribution in [3.8, 4) is 22.6 Å². The molecule has 0 aliphatic rings. The third kappa shape index (κ3) is 4.84. The predicted octanol–water partition coefficient (Wildman–Crippen LogP) is 5.04. The summed E-state index contributed by atoms with van der Waals surface area (Å²) >= 11 is 0.